The van der Waals surface area contributed by atoms with Gasteiger partial charge in [0.15, 0.2) is 11.5 Å². The number of ether oxygens (including phenoxy) is 2. The van der Waals surface area contributed by atoms with Crippen molar-refractivity contribution in [2.75, 3.05) is 7.11 Å². The zero-order valence-electron chi connectivity index (χ0n) is 12.0. The van der Waals surface area contributed by atoms with Crippen LogP contribution in [0.5, 0.6) is 11.5 Å². The summed E-state index contributed by atoms with van der Waals surface area (Å²) in [4.78, 5) is 11.1. The third-order valence-corrected chi connectivity index (χ3v) is 3.27. The molecule has 0 aliphatic rings. The molecule has 0 aliphatic heterocycles. The van der Waals surface area contributed by atoms with Crippen molar-refractivity contribution in [2.45, 2.75) is 20.5 Å². The minimum Gasteiger partial charge on any atom is -0.493 e. The van der Waals surface area contributed by atoms with Crippen LogP contribution in [0.25, 0.3) is 0 Å². The molecule has 3 heteroatoms. The van der Waals surface area contributed by atoms with Crippen molar-refractivity contribution in [3.05, 3.63) is 58.7 Å². The molecule has 20 heavy (non-hydrogen) atoms. The second kappa shape index (κ2) is 6.24. The van der Waals surface area contributed by atoms with Crippen molar-refractivity contribution in [1.82, 2.24) is 0 Å². The molecule has 0 amide bonds. The summed E-state index contributed by atoms with van der Waals surface area (Å²) in [5, 5.41) is 0. The van der Waals surface area contributed by atoms with Gasteiger partial charge in [0.1, 0.15) is 12.9 Å². The zero-order chi connectivity index (χ0) is 14.5. The summed E-state index contributed by atoms with van der Waals surface area (Å²) in [5.74, 6) is 1.32. The van der Waals surface area contributed by atoms with Crippen LogP contribution in [0.3, 0.4) is 0 Å². The highest BCUT2D eigenvalue weighted by atomic mass is 16.5. The molecule has 0 fully saturated rings. The fourth-order valence-electron chi connectivity index (χ4n) is 2.17. The number of rotatable bonds is 5. The number of methoxy groups -OCH3 is 1. The number of benzene rings is 2. The SMILES string of the molecule is COc1c(C)cc(C=O)c(C)c1OCc1ccccc1. The van der Waals surface area contributed by atoms with E-state index >= 15 is 0 Å². The Morgan fingerprint density at radius 1 is 1.10 bits per heavy atom. The highest BCUT2D eigenvalue weighted by molar-refractivity contribution is 5.80. The molecule has 0 aliphatic carbocycles. The predicted octanol–water partition coefficient (Wildman–Crippen LogP) is 3.70. The van der Waals surface area contributed by atoms with Gasteiger partial charge in [-0.2, -0.15) is 0 Å². The van der Waals surface area contributed by atoms with Crippen molar-refractivity contribution in [1.29, 1.82) is 0 Å². The second-order valence-corrected chi connectivity index (χ2v) is 4.66. The van der Waals surface area contributed by atoms with E-state index in [4.69, 9.17) is 9.47 Å². The number of carbonyl (C=O) groups excluding carboxylic acids is 1. The maximum atomic E-state index is 11.1. The topological polar surface area (TPSA) is 35.5 Å². The Morgan fingerprint density at radius 2 is 1.80 bits per heavy atom. The van der Waals surface area contributed by atoms with Crippen molar-refractivity contribution in [3.8, 4) is 11.5 Å². The normalized spacial score (nSPS) is 10.2. The maximum Gasteiger partial charge on any atom is 0.165 e. The third-order valence-electron chi connectivity index (χ3n) is 3.27. The number of aryl methyl sites for hydroxylation is 1. The molecule has 0 radical (unpaired) electrons. The third kappa shape index (κ3) is 2.82. The number of carbonyl (C=O) groups is 1. The first kappa shape index (κ1) is 14.1. The Balaban J connectivity index is 2.34. The Bertz CT molecular complexity index is 603. The average Bonchev–Trinajstić information content (AvgIpc) is 2.48. The van der Waals surface area contributed by atoms with E-state index in [0.29, 0.717) is 23.7 Å². The molecule has 0 bridgehead atoms. The summed E-state index contributed by atoms with van der Waals surface area (Å²) in [5.41, 5.74) is 3.40. The van der Waals surface area contributed by atoms with Crippen LogP contribution < -0.4 is 9.47 Å². The fourth-order valence-corrected chi connectivity index (χ4v) is 2.17. The van der Waals surface area contributed by atoms with Crippen LogP contribution >= 0.6 is 0 Å². The van der Waals surface area contributed by atoms with Crippen LogP contribution in [-0.4, -0.2) is 13.4 Å². The quantitative estimate of drug-likeness (QED) is 0.777. The second-order valence-electron chi connectivity index (χ2n) is 4.66. The summed E-state index contributed by atoms with van der Waals surface area (Å²) < 4.78 is 11.3. The van der Waals surface area contributed by atoms with Gasteiger partial charge < -0.3 is 9.47 Å². The van der Waals surface area contributed by atoms with Gasteiger partial charge in [0.2, 0.25) is 0 Å². The molecule has 0 unspecified atom stereocenters. The van der Waals surface area contributed by atoms with Gasteiger partial charge in [-0.25, -0.2) is 0 Å². The van der Waals surface area contributed by atoms with Crippen molar-refractivity contribution in [3.63, 3.8) is 0 Å². The Kier molecular flexibility index (Phi) is 4.41. The average molecular weight is 270 g/mol. The van der Waals surface area contributed by atoms with Gasteiger partial charge in [0.25, 0.3) is 0 Å². The Labute approximate surface area is 119 Å². The Hall–Kier alpha value is -2.29. The summed E-state index contributed by atoms with van der Waals surface area (Å²) >= 11 is 0. The molecule has 104 valence electrons. The van der Waals surface area contributed by atoms with Gasteiger partial charge in [-0.15, -0.1) is 0 Å². The molecule has 2 aromatic rings. The van der Waals surface area contributed by atoms with Gasteiger partial charge in [0, 0.05) is 11.1 Å². The lowest BCUT2D eigenvalue weighted by Crippen LogP contribution is -2.03. The van der Waals surface area contributed by atoms with Crippen molar-refractivity contribution < 1.29 is 14.3 Å². The highest BCUT2D eigenvalue weighted by Gasteiger charge is 2.15. The number of aldehydes is 1. The molecule has 0 spiro atoms. The lowest BCUT2D eigenvalue weighted by Gasteiger charge is -2.17. The lowest BCUT2D eigenvalue weighted by atomic mass is 10.0. The highest BCUT2D eigenvalue weighted by Crippen LogP contribution is 2.36. The molecule has 0 N–H and O–H groups in total. The first-order valence-corrected chi connectivity index (χ1v) is 6.47. The molecule has 2 aromatic carbocycles. The zero-order valence-corrected chi connectivity index (χ0v) is 12.0. The molecular weight excluding hydrogens is 252 g/mol. The van der Waals surface area contributed by atoms with Crippen molar-refractivity contribution >= 4 is 6.29 Å². The first-order chi connectivity index (χ1) is 9.67. The van der Waals surface area contributed by atoms with Gasteiger partial charge in [0.05, 0.1) is 7.11 Å². The van der Waals surface area contributed by atoms with E-state index in [1.807, 2.05) is 50.2 Å². The largest absolute Gasteiger partial charge is 0.493 e. The van der Waals surface area contributed by atoms with Crippen molar-refractivity contribution in [2.24, 2.45) is 0 Å². The standard InChI is InChI=1S/C17H18O3/c1-12-9-15(10-18)13(2)17(16(12)19-3)20-11-14-7-5-4-6-8-14/h4-10H,11H2,1-3H3. The lowest BCUT2D eigenvalue weighted by molar-refractivity contribution is 0.112. The molecule has 0 atom stereocenters. The van der Waals surface area contributed by atoms with E-state index in [2.05, 4.69) is 0 Å². The van der Waals surface area contributed by atoms with Gasteiger partial charge in [-0.3, -0.25) is 4.79 Å². The summed E-state index contributed by atoms with van der Waals surface area (Å²) in [6, 6.07) is 11.7. The van der Waals surface area contributed by atoms with Crippen LogP contribution in [0.1, 0.15) is 27.0 Å². The molecule has 2 rings (SSSR count). The Morgan fingerprint density at radius 3 is 2.40 bits per heavy atom. The van der Waals surface area contributed by atoms with Gasteiger partial charge in [-0.1, -0.05) is 30.3 Å². The van der Waals surface area contributed by atoms with E-state index in [-0.39, 0.29) is 0 Å². The van der Waals surface area contributed by atoms with Gasteiger partial charge >= 0.3 is 0 Å². The van der Waals surface area contributed by atoms with E-state index < -0.39 is 0 Å². The summed E-state index contributed by atoms with van der Waals surface area (Å²) in [6.07, 6.45) is 0.844. The number of hydrogen-bond donors (Lipinski definition) is 0. The van der Waals surface area contributed by atoms with E-state index in [1.165, 1.54) is 0 Å². The summed E-state index contributed by atoms with van der Waals surface area (Å²) in [6.45, 7) is 4.21. The molecule has 3 nitrogen and oxygen atoms in total. The molecule has 0 heterocycles. The van der Waals surface area contributed by atoms with Crippen LogP contribution in [-0.2, 0) is 6.61 Å². The van der Waals surface area contributed by atoms with Gasteiger partial charge in [-0.05, 0) is 31.0 Å². The number of hydrogen-bond acceptors (Lipinski definition) is 3. The molecule has 0 saturated carbocycles. The minimum absolute atomic E-state index is 0.444. The predicted molar refractivity (Wildman–Crippen MR) is 78.6 cm³/mol. The van der Waals surface area contributed by atoms with Crippen LogP contribution in [0.15, 0.2) is 36.4 Å². The van der Waals surface area contributed by atoms with Crippen LogP contribution in [0, 0.1) is 13.8 Å². The monoisotopic (exact) mass is 270 g/mol. The van der Waals surface area contributed by atoms with Crippen LogP contribution in [0.2, 0.25) is 0 Å². The first-order valence-electron chi connectivity index (χ1n) is 6.47. The minimum atomic E-state index is 0.444. The van der Waals surface area contributed by atoms with Crippen LogP contribution in [0.4, 0.5) is 0 Å². The maximum absolute atomic E-state index is 11.1. The van der Waals surface area contributed by atoms with E-state index in [1.54, 1.807) is 7.11 Å². The summed E-state index contributed by atoms with van der Waals surface area (Å²) in [7, 11) is 1.61. The molecule has 0 saturated heterocycles. The van der Waals surface area contributed by atoms with E-state index in [9.17, 15) is 4.79 Å². The molecule has 0 aromatic heterocycles. The smallest absolute Gasteiger partial charge is 0.165 e. The fraction of sp³-hybridized carbons (Fsp3) is 0.235. The molecular formula is C17H18O3. The van der Waals surface area contributed by atoms with E-state index in [0.717, 1.165) is 23.0 Å².